The number of aryl methyl sites for hydroxylation is 2. The zero-order chi connectivity index (χ0) is 14.8. The smallest absolute Gasteiger partial charge is 0.318 e. The Kier molecular flexibility index (Phi) is 3.68. The summed E-state index contributed by atoms with van der Waals surface area (Å²) in [6.45, 7) is 4.66. The van der Waals surface area contributed by atoms with Crippen molar-refractivity contribution in [1.82, 2.24) is 15.4 Å². The first-order valence-electron chi connectivity index (χ1n) is 7.13. The summed E-state index contributed by atoms with van der Waals surface area (Å²) in [4.78, 5) is 14.2. The first kappa shape index (κ1) is 13.7. The first-order chi connectivity index (χ1) is 10.1. The van der Waals surface area contributed by atoms with E-state index in [0.717, 1.165) is 35.6 Å². The van der Waals surface area contributed by atoms with Crippen LogP contribution in [0.3, 0.4) is 0 Å². The van der Waals surface area contributed by atoms with Crippen LogP contribution in [0.2, 0.25) is 0 Å². The molecule has 1 aliphatic rings. The molecule has 0 spiro atoms. The monoisotopic (exact) mass is 289 g/mol. The van der Waals surface area contributed by atoms with Crippen molar-refractivity contribution in [3.63, 3.8) is 0 Å². The van der Waals surface area contributed by atoms with E-state index in [2.05, 4.69) is 10.5 Å². The van der Waals surface area contributed by atoms with E-state index in [4.69, 9.17) is 8.94 Å². The number of hydrogen-bond donors (Lipinski definition) is 1. The molecule has 0 aromatic carbocycles. The first-order valence-corrected chi connectivity index (χ1v) is 7.13. The van der Waals surface area contributed by atoms with Crippen molar-refractivity contribution in [1.29, 1.82) is 0 Å². The standard InChI is InChI=1S/C15H19N3O3/c1-10-14(11(2)21-17-10)8-16-15(19)18(12-5-6-12)9-13-4-3-7-20-13/h3-4,7,12H,5-6,8-9H2,1-2H3,(H,16,19). The van der Waals surface area contributed by atoms with Crippen molar-refractivity contribution in [3.05, 3.63) is 41.2 Å². The van der Waals surface area contributed by atoms with Gasteiger partial charge in [0.1, 0.15) is 11.5 Å². The fourth-order valence-corrected chi connectivity index (χ4v) is 2.34. The zero-order valence-corrected chi connectivity index (χ0v) is 12.3. The van der Waals surface area contributed by atoms with E-state index in [9.17, 15) is 4.79 Å². The van der Waals surface area contributed by atoms with Crippen LogP contribution in [-0.4, -0.2) is 22.1 Å². The molecule has 6 nitrogen and oxygen atoms in total. The quantitative estimate of drug-likeness (QED) is 0.918. The van der Waals surface area contributed by atoms with Gasteiger partial charge in [-0.2, -0.15) is 0 Å². The van der Waals surface area contributed by atoms with E-state index < -0.39 is 0 Å². The third-order valence-corrected chi connectivity index (χ3v) is 3.75. The molecule has 0 aliphatic heterocycles. The van der Waals surface area contributed by atoms with Crippen molar-refractivity contribution < 1.29 is 13.7 Å². The van der Waals surface area contributed by atoms with Crippen LogP contribution in [0.25, 0.3) is 0 Å². The Morgan fingerprint density at radius 1 is 1.48 bits per heavy atom. The molecule has 3 rings (SSSR count). The fourth-order valence-electron chi connectivity index (χ4n) is 2.34. The van der Waals surface area contributed by atoms with Gasteiger partial charge in [-0.15, -0.1) is 0 Å². The van der Waals surface area contributed by atoms with Crippen LogP contribution in [0.4, 0.5) is 4.79 Å². The maximum absolute atomic E-state index is 12.4. The van der Waals surface area contributed by atoms with Crippen molar-refractivity contribution in [2.45, 2.75) is 45.8 Å². The van der Waals surface area contributed by atoms with Gasteiger partial charge in [-0.25, -0.2) is 4.79 Å². The minimum atomic E-state index is -0.0751. The van der Waals surface area contributed by atoms with E-state index in [-0.39, 0.29) is 6.03 Å². The molecule has 2 aromatic heterocycles. The molecule has 1 N–H and O–H groups in total. The molecule has 21 heavy (non-hydrogen) atoms. The van der Waals surface area contributed by atoms with Gasteiger partial charge in [-0.05, 0) is 38.8 Å². The highest BCUT2D eigenvalue weighted by molar-refractivity contribution is 5.74. The number of urea groups is 1. The molecule has 0 atom stereocenters. The Morgan fingerprint density at radius 3 is 2.86 bits per heavy atom. The van der Waals surface area contributed by atoms with Crippen LogP contribution in [0.1, 0.15) is 35.6 Å². The van der Waals surface area contributed by atoms with Crippen LogP contribution >= 0.6 is 0 Å². The van der Waals surface area contributed by atoms with E-state index >= 15 is 0 Å². The molecule has 0 bridgehead atoms. The number of amides is 2. The predicted octanol–water partition coefficient (Wildman–Crippen LogP) is 2.76. The Balaban J connectivity index is 1.62. The minimum Gasteiger partial charge on any atom is -0.467 e. The van der Waals surface area contributed by atoms with Gasteiger partial charge in [0.05, 0.1) is 18.5 Å². The fraction of sp³-hybridized carbons (Fsp3) is 0.467. The number of nitrogens with zero attached hydrogens (tertiary/aromatic N) is 2. The van der Waals surface area contributed by atoms with Gasteiger partial charge in [0, 0.05) is 18.2 Å². The molecule has 0 radical (unpaired) electrons. The largest absolute Gasteiger partial charge is 0.467 e. The average molecular weight is 289 g/mol. The second-order valence-electron chi connectivity index (χ2n) is 5.40. The van der Waals surface area contributed by atoms with Gasteiger partial charge in [0.25, 0.3) is 0 Å². The Bertz CT molecular complexity index is 595. The molecule has 1 aliphatic carbocycles. The van der Waals surface area contributed by atoms with E-state index in [1.165, 1.54) is 0 Å². The summed E-state index contributed by atoms with van der Waals surface area (Å²) in [5, 5.41) is 6.84. The molecule has 0 unspecified atom stereocenters. The molecule has 112 valence electrons. The Hall–Kier alpha value is -2.24. The summed E-state index contributed by atoms with van der Waals surface area (Å²) >= 11 is 0. The van der Waals surface area contributed by atoms with Crippen molar-refractivity contribution in [2.24, 2.45) is 0 Å². The van der Waals surface area contributed by atoms with Gasteiger partial charge in [-0.1, -0.05) is 5.16 Å². The third kappa shape index (κ3) is 3.09. The van der Waals surface area contributed by atoms with E-state index in [0.29, 0.717) is 19.1 Å². The van der Waals surface area contributed by atoms with Gasteiger partial charge >= 0.3 is 6.03 Å². The number of carbonyl (C=O) groups excluding carboxylic acids is 1. The zero-order valence-electron chi connectivity index (χ0n) is 12.3. The van der Waals surface area contributed by atoms with Crippen molar-refractivity contribution in [2.75, 3.05) is 0 Å². The van der Waals surface area contributed by atoms with Crippen LogP contribution in [0, 0.1) is 13.8 Å². The van der Waals surface area contributed by atoms with Gasteiger partial charge in [0.15, 0.2) is 0 Å². The second-order valence-corrected chi connectivity index (χ2v) is 5.40. The highest BCUT2D eigenvalue weighted by atomic mass is 16.5. The van der Waals surface area contributed by atoms with Crippen LogP contribution < -0.4 is 5.32 Å². The lowest BCUT2D eigenvalue weighted by molar-refractivity contribution is 0.186. The molecular weight excluding hydrogens is 270 g/mol. The van der Waals surface area contributed by atoms with Gasteiger partial charge in [0.2, 0.25) is 0 Å². The predicted molar refractivity (Wildman–Crippen MR) is 75.5 cm³/mol. The number of hydrogen-bond acceptors (Lipinski definition) is 4. The molecular formula is C15H19N3O3. The third-order valence-electron chi connectivity index (χ3n) is 3.75. The highest BCUT2D eigenvalue weighted by Crippen LogP contribution is 2.28. The molecule has 2 heterocycles. The molecule has 1 fully saturated rings. The number of aromatic nitrogens is 1. The van der Waals surface area contributed by atoms with Crippen molar-refractivity contribution >= 4 is 6.03 Å². The summed E-state index contributed by atoms with van der Waals surface area (Å²) in [5.74, 6) is 1.55. The topological polar surface area (TPSA) is 71.5 Å². The van der Waals surface area contributed by atoms with E-state index in [1.54, 1.807) is 6.26 Å². The summed E-state index contributed by atoms with van der Waals surface area (Å²) in [6.07, 6.45) is 3.74. The normalized spacial score (nSPS) is 14.2. The SMILES string of the molecule is Cc1noc(C)c1CNC(=O)N(Cc1ccco1)C1CC1. The molecule has 6 heteroatoms. The van der Waals surface area contributed by atoms with Gasteiger partial charge in [-0.3, -0.25) is 0 Å². The van der Waals surface area contributed by atoms with Crippen LogP contribution in [0.5, 0.6) is 0 Å². The number of nitrogens with one attached hydrogen (secondary N) is 1. The number of furan rings is 1. The number of rotatable bonds is 5. The van der Waals surface area contributed by atoms with Crippen LogP contribution in [0.15, 0.2) is 27.3 Å². The summed E-state index contributed by atoms with van der Waals surface area (Å²) in [5.41, 5.74) is 1.76. The molecule has 2 aromatic rings. The lowest BCUT2D eigenvalue weighted by Crippen LogP contribution is -2.40. The van der Waals surface area contributed by atoms with E-state index in [1.807, 2.05) is 30.9 Å². The van der Waals surface area contributed by atoms with Gasteiger partial charge < -0.3 is 19.2 Å². The molecule has 2 amide bonds. The Labute approximate surface area is 123 Å². The second kappa shape index (κ2) is 5.63. The minimum absolute atomic E-state index is 0.0751. The highest BCUT2D eigenvalue weighted by Gasteiger charge is 2.33. The average Bonchev–Trinajstić information content (AvgIpc) is 3.08. The number of carbonyl (C=O) groups is 1. The maximum Gasteiger partial charge on any atom is 0.318 e. The maximum atomic E-state index is 12.4. The summed E-state index contributed by atoms with van der Waals surface area (Å²) in [6, 6.07) is 3.97. The molecule has 0 saturated heterocycles. The summed E-state index contributed by atoms with van der Waals surface area (Å²) < 4.78 is 10.4. The summed E-state index contributed by atoms with van der Waals surface area (Å²) in [7, 11) is 0. The lowest BCUT2D eigenvalue weighted by atomic mass is 10.2. The van der Waals surface area contributed by atoms with Crippen molar-refractivity contribution in [3.8, 4) is 0 Å². The Morgan fingerprint density at radius 2 is 2.29 bits per heavy atom. The molecule has 1 saturated carbocycles. The van der Waals surface area contributed by atoms with Crippen LogP contribution in [-0.2, 0) is 13.1 Å². The lowest BCUT2D eigenvalue weighted by Gasteiger charge is -2.21.